The number of methoxy groups -OCH3 is 1. The topological polar surface area (TPSA) is 27.1 Å². The van der Waals surface area contributed by atoms with Crippen LogP contribution in [0.25, 0.3) is 22.2 Å². The van der Waals surface area contributed by atoms with Crippen LogP contribution in [0.5, 0.6) is 5.75 Å². The summed E-state index contributed by atoms with van der Waals surface area (Å²) in [6, 6.07) is 21.0. The van der Waals surface area contributed by atoms with Gasteiger partial charge in [0.05, 0.1) is 24.9 Å². The van der Waals surface area contributed by atoms with Crippen LogP contribution in [0.4, 0.5) is 13.2 Å². The van der Waals surface area contributed by atoms with Crippen molar-refractivity contribution in [1.29, 1.82) is 0 Å². The van der Waals surface area contributed by atoms with Crippen LogP contribution >= 0.6 is 0 Å². The van der Waals surface area contributed by atoms with Crippen LogP contribution in [0.15, 0.2) is 72.8 Å². The van der Waals surface area contributed by atoms with Gasteiger partial charge in [-0.1, -0.05) is 54.6 Å². The third-order valence-electron chi connectivity index (χ3n) is 4.59. The van der Waals surface area contributed by atoms with Crippen molar-refractivity contribution in [3.63, 3.8) is 0 Å². The van der Waals surface area contributed by atoms with E-state index in [2.05, 4.69) is 5.10 Å². The maximum atomic E-state index is 13.5. The minimum Gasteiger partial charge on any atom is -0.497 e. The second-order valence-corrected chi connectivity index (χ2v) is 6.42. The molecule has 0 spiro atoms. The Balaban J connectivity index is 1.98. The van der Waals surface area contributed by atoms with Gasteiger partial charge in [0.25, 0.3) is 0 Å². The number of rotatable bonds is 4. The summed E-state index contributed by atoms with van der Waals surface area (Å²) >= 11 is 0. The minimum absolute atomic E-state index is 0.0521. The summed E-state index contributed by atoms with van der Waals surface area (Å²) in [5.41, 5.74) is 1.54. The van der Waals surface area contributed by atoms with E-state index in [-0.39, 0.29) is 5.52 Å². The van der Waals surface area contributed by atoms with Gasteiger partial charge in [-0.15, -0.1) is 0 Å². The van der Waals surface area contributed by atoms with Crippen LogP contribution in [0.3, 0.4) is 0 Å². The maximum absolute atomic E-state index is 13.5. The molecule has 0 aliphatic heterocycles. The van der Waals surface area contributed by atoms with Crippen molar-refractivity contribution in [2.45, 2.75) is 12.7 Å². The molecule has 6 heteroatoms. The van der Waals surface area contributed by atoms with Crippen LogP contribution in [0.1, 0.15) is 11.1 Å². The molecule has 0 saturated carbocycles. The predicted molar refractivity (Wildman–Crippen MR) is 102 cm³/mol. The number of nitrogens with zero attached hydrogens (tertiary/aromatic N) is 2. The Hall–Kier alpha value is -3.28. The standard InChI is InChI=1S/C22H17F3N2O/c1-28-17-10-5-9-16(13-17)21-18-11-6-12-19(22(23,24)25)20(18)26-27(21)14-15-7-3-2-4-8-15/h2-13H,14H2,1H3. The normalized spacial score (nSPS) is 11.7. The molecule has 0 aliphatic carbocycles. The van der Waals surface area contributed by atoms with E-state index >= 15 is 0 Å². The van der Waals surface area contributed by atoms with Crippen molar-refractivity contribution in [2.24, 2.45) is 0 Å². The highest BCUT2D eigenvalue weighted by Crippen LogP contribution is 2.38. The number of fused-ring (bicyclic) bond motifs is 1. The summed E-state index contributed by atoms with van der Waals surface area (Å²) in [5, 5.41) is 4.82. The van der Waals surface area contributed by atoms with E-state index in [0.29, 0.717) is 23.4 Å². The number of ether oxygens (including phenoxy) is 1. The van der Waals surface area contributed by atoms with Gasteiger partial charge in [0.2, 0.25) is 0 Å². The fraction of sp³-hybridized carbons (Fsp3) is 0.136. The molecular formula is C22H17F3N2O. The van der Waals surface area contributed by atoms with Gasteiger partial charge in [0.15, 0.2) is 0 Å². The molecule has 0 fully saturated rings. The van der Waals surface area contributed by atoms with Crippen molar-refractivity contribution in [3.8, 4) is 17.0 Å². The molecule has 0 atom stereocenters. The van der Waals surface area contributed by atoms with E-state index < -0.39 is 11.7 Å². The van der Waals surface area contributed by atoms with E-state index in [0.717, 1.165) is 17.2 Å². The lowest BCUT2D eigenvalue weighted by molar-refractivity contribution is -0.136. The molecule has 0 unspecified atom stereocenters. The quantitative estimate of drug-likeness (QED) is 0.447. The second-order valence-electron chi connectivity index (χ2n) is 6.42. The van der Waals surface area contributed by atoms with Crippen molar-refractivity contribution in [2.75, 3.05) is 7.11 Å². The average molecular weight is 382 g/mol. The fourth-order valence-corrected chi connectivity index (χ4v) is 3.33. The lowest BCUT2D eigenvalue weighted by atomic mass is 10.0. The van der Waals surface area contributed by atoms with Crippen molar-refractivity contribution in [1.82, 2.24) is 9.78 Å². The Bertz CT molecular complexity index is 1120. The number of hydrogen-bond donors (Lipinski definition) is 0. The Morgan fingerprint density at radius 3 is 2.39 bits per heavy atom. The maximum Gasteiger partial charge on any atom is 0.418 e. The monoisotopic (exact) mass is 382 g/mol. The van der Waals surface area contributed by atoms with Crippen LogP contribution in [-0.2, 0) is 12.7 Å². The number of aromatic nitrogens is 2. The summed E-state index contributed by atoms with van der Waals surface area (Å²) in [6.45, 7) is 0.360. The molecule has 0 saturated heterocycles. The molecule has 3 aromatic carbocycles. The Labute approximate surface area is 160 Å². The third kappa shape index (κ3) is 3.33. The molecule has 3 nitrogen and oxygen atoms in total. The van der Waals surface area contributed by atoms with Crippen molar-refractivity contribution in [3.05, 3.63) is 83.9 Å². The lowest BCUT2D eigenvalue weighted by Crippen LogP contribution is -2.06. The molecule has 0 bridgehead atoms. The highest BCUT2D eigenvalue weighted by molar-refractivity contribution is 5.95. The van der Waals surface area contributed by atoms with Crippen LogP contribution in [0.2, 0.25) is 0 Å². The zero-order valence-corrected chi connectivity index (χ0v) is 15.1. The zero-order chi connectivity index (χ0) is 19.7. The first-order chi connectivity index (χ1) is 13.5. The van der Waals surface area contributed by atoms with E-state index in [1.54, 1.807) is 30.0 Å². The molecule has 142 valence electrons. The second kappa shape index (κ2) is 7.03. The first kappa shape index (κ1) is 18.1. The largest absolute Gasteiger partial charge is 0.497 e. The molecule has 0 amide bonds. The average Bonchev–Trinajstić information content (AvgIpc) is 3.05. The molecule has 1 aromatic heterocycles. The highest BCUT2D eigenvalue weighted by Gasteiger charge is 2.34. The third-order valence-corrected chi connectivity index (χ3v) is 4.59. The van der Waals surface area contributed by atoms with Gasteiger partial charge in [-0.25, -0.2) is 0 Å². The van der Waals surface area contributed by atoms with Gasteiger partial charge in [-0.3, -0.25) is 4.68 Å². The molecule has 4 rings (SSSR count). The molecule has 0 radical (unpaired) electrons. The molecule has 1 heterocycles. The van der Waals surface area contributed by atoms with Gasteiger partial charge in [0, 0.05) is 10.9 Å². The fourth-order valence-electron chi connectivity index (χ4n) is 3.33. The van der Waals surface area contributed by atoms with Crippen molar-refractivity contribution >= 4 is 10.9 Å². The Morgan fingerprint density at radius 2 is 1.68 bits per heavy atom. The zero-order valence-electron chi connectivity index (χ0n) is 15.1. The van der Waals surface area contributed by atoms with E-state index in [9.17, 15) is 13.2 Å². The SMILES string of the molecule is COc1cccc(-c2c3cccc(C(F)(F)F)c3nn2Cc2ccccc2)c1. The highest BCUT2D eigenvalue weighted by atomic mass is 19.4. The van der Waals surface area contributed by atoms with Crippen molar-refractivity contribution < 1.29 is 17.9 Å². The number of alkyl halides is 3. The molecule has 28 heavy (non-hydrogen) atoms. The summed E-state index contributed by atoms with van der Waals surface area (Å²) < 4.78 is 47.5. The Kier molecular flexibility index (Phi) is 4.55. The van der Waals surface area contributed by atoms with Crippen LogP contribution in [0, 0.1) is 0 Å². The van der Waals surface area contributed by atoms with E-state index in [1.165, 1.54) is 6.07 Å². The first-order valence-electron chi connectivity index (χ1n) is 8.72. The van der Waals surface area contributed by atoms with Crippen LogP contribution in [-0.4, -0.2) is 16.9 Å². The van der Waals surface area contributed by atoms with E-state index in [1.807, 2.05) is 42.5 Å². The number of benzene rings is 3. The van der Waals surface area contributed by atoms with Gasteiger partial charge in [-0.2, -0.15) is 18.3 Å². The van der Waals surface area contributed by atoms with Gasteiger partial charge in [0.1, 0.15) is 11.3 Å². The first-order valence-corrected chi connectivity index (χ1v) is 8.72. The predicted octanol–water partition coefficient (Wildman–Crippen LogP) is 5.78. The van der Waals surface area contributed by atoms with Gasteiger partial charge >= 0.3 is 6.18 Å². The summed E-state index contributed by atoms with van der Waals surface area (Å²) in [4.78, 5) is 0. The molecule has 0 aliphatic rings. The lowest BCUT2D eigenvalue weighted by Gasteiger charge is -2.10. The van der Waals surface area contributed by atoms with Gasteiger partial charge < -0.3 is 4.74 Å². The van der Waals surface area contributed by atoms with E-state index in [4.69, 9.17) is 4.74 Å². The summed E-state index contributed by atoms with van der Waals surface area (Å²) in [6.07, 6.45) is -4.48. The number of hydrogen-bond acceptors (Lipinski definition) is 2. The Morgan fingerprint density at radius 1 is 0.929 bits per heavy atom. The van der Waals surface area contributed by atoms with Gasteiger partial charge in [-0.05, 0) is 23.8 Å². The summed E-state index contributed by atoms with van der Waals surface area (Å²) in [7, 11) is 1.56. The minimum atomic E-state index is -4.48. The van der Waals surface area contributed by atoms with Crippen LogP contribution < -0.4 is 4.74 Å². The smallest absolute Gasteiger partial charge is 0.418 e. The number of halogens is 3. The summed E-state index contributed by atoms with van der Waals surface area (Å²) in [5.74, 6) is 0.630. The molecule has 4 aromatic rings. The molecular weight excluding hydrogens is 365 g/mol. The molecule has 0 N–H and O–H groups in total.